The Morgan fingerprint density at radius 3 is 2.73 bits per heavy atom. The molecule has 0 bridgehead atoms. The molecule has 0 N–H and O–H groups in total. The molecule has 0 spiro atoms. The quantitative estimate of drug-likeness (QED) is 0.742. The number of rotatable bonds is 4. The number of nitrogens with zero attached hydrogens (tertiary/aromatic N) is 2. The number of thiophene rings is 1. The van der Waals surface area contributed by atoms with E-state index in [0.717, 1.165) is 11.1 Å². The molecule has 0 aliphatic rings. The highest BCUT2D eigenvalue weighted by atomic mass is 32.1. The number of carbonyl (C=O) groups is 1. The van der Waals surface area contributed by atoms with E-state index in [1.807, 2.05) is 5.38 Å². The zero-order chi connectivity index (χ0) is 15.7. The molecule has 1 aromatic carbocycles. The first-order valence-electron chi connectivity index (χ1n) is 6.84. The Kier molecular flexibility index (Phi) is 3.85. The highest BCUT2D eigenvalue weighted by Gasteiger charge is 2.14. The van der Waals surface area contributed by atoms with Crippen LogP contribution in [0.1, 0.15) is 13.3 Å². The molecule has 0 saturated heterocycles. The summed E-state index contributed by atoms with van der Waals surface area (Å²) in [4.78, 5) is 29.0. The summed E-state index contributed by atoms with van der Waals surface area (Å²) in [6, 6.07) is 5.97. The first-order valence-corrected chi connectivity index (χ1v) is 7.72. The van der Waals surface area contributed by atoms with Crippen LogP contribution in [0.3, 0.4) is 0 Å². The molecule has 2 aromatic heterocycles. The topological polar surface area (TPSA) is 52.0 Å². The molecule has 0 radical (unpaired) electrons. The summed E-state index contributed by atoms with van der Waals surface area (Å²) in [5, 5.41) is 2.31. The first-order chi connectivity index (χ1) is 10.6. The number of hydrogen-bond acceptors (Lipinski definition) is 4. The van der Waals surface area contributed by atoms with Gasteiger partial charge in [0.25, 0.3) is 5.56 Å². The first kappa shape index (κ1) is 14.6. The Bertz CT molecular complexity index is 897. The number of carbonyl (C=O) groups excluding carboxylic acids is 1. The maximum absolute atomic E-state index is 13.1. The van der Waals surface area contributed by atoms with Crippen LogP contribution in [0.2, 0.25) is 0 Å². The van der Waals surface area contributed by atoms with Crippen LogP contribution >= 0.6 is 11.3 Å². The molecular weight excluding hydrogens is 303 g/mol. The van der Waals surface area contributed by atoms with Gasteiger partial charge in [0.15, 0.2) is 5.78 Å². The summed E-state index contributed by atoms with van der Waals surface area (Å²) >= 11 is 1.36. The Morgan fingerprint density at radius 2 is 2.05 bits per heavy atom. The molecule has 0 atom stereocenters. The summed E-state index contributed by atoms with van der Waals surface area (Å²) in [6.45, 7) is 1.78. The van der Waals surface area contributed by atoms with Crippen molar-refractivity contribution >= 4 is 27.3 Å². The molecule has 2 heterocycles. The molecule has 22 heavy (non-hydrogen) atoms. The van der Waals surface area contributed by atoms with Crippen LogP contribution in [-0.4, -0.2) is 15.3 Å². The minimum absolute atomic E-state index is 0.0248. The van der Waals surface area contributed by atoms with E-state index in [2.05, 4.69) is 4.98 Å². The maximum atomic E-state index is 13.1. The lowest BCUT2D eigenvalue weighted by atomic mass is 10.1. The van der Waals surface area contributed by atoms with Gasteiger partial charge in [-0.3, -0.25) is 14.2 Å². The van der Waals surface area contributed by atoms with Gasteiger partial charge in [-0.05, 0) is 17.7 Å². The van der Waals surface area contributed by atoms with Gasteiger partial charge in [-0.1, -0.05) is 19.1 Å². The van der Waals surface area contributed by atoms with Gasteiger partial charge in [0.05, 0.1) is 18.3 Å². The Balaban J connectivity index is 2.16. The fourth-order valence-electron chi connectivity index (χ4n) is 2.22. The third-order valence-corrected chi connectivity index (χ3v) is 4.34. The number of aromatic nitrogens is 2. The van der Waals surface area contributed by atoms with Crippen LogP contribution in [0.15, 0.2) is 40.8 Å². The highest BCUT2D eigenvalue weighted by molar-refractivity contribution is 7.17. The van der Waals surface area contributed by atoms with Crippen molar-refractivity contribution < 1.29 is 9.18 Å². The van der Waals surface area contributed by atoms with Gasteiger partial charge in [0, 0.05) is 17.4 Å². The highest BCUT2D eigenvalue weighted by Crippen LogP contribution is 2.30. The predicted molar refractivity (Wildman–Crippen MR) is 84.6 cm³/mol. The molecule has 0 aliphatic carbocycles. The van der Waals surface area contributed by atoms with E-state index in [9.17, 15) is 14.0 Å². The van der Waals surface area contributed by atoms with Gasteiger partial charge in [0.1, 0.15) is 10.6 Å². The number of benzene rings is 1. The van der Waals surface area contributed by atoms with E-state index < -0.39 is 0 Å². The zero-order valence-corrected chi connectivity index (χ0v) is 12.7. The van der Waals surface area contributed by atoms with Gasteiger partial charge in [-0.25, -0.2) is 9.37 Å². The van der Waals surface area contributed by atoms with E-state index >= 15 is 0 Å². The maximum Gasteiger partial charge on any atom is 0.263 e. The van der Waals surface area contributed by atoms with Gasteiger partial charge in [0.2, 0.25) is 0 Å². The Morgan fingerprint density at radius 1 is 1.32 bits per heavy atom. The van der Waals surface area contributed by atoms with Crippen LogP contribution in [0.4, 0.5) is 4.39 Å². The monoisotopic (exact) mass is 316 g/mol. The van der Waals surface area contributed by atoms with Crippen LogP contribution in [0, 0.1) is 5.82 Å². The summed E-state index contributed by atoms with van der Waals surface area (Å²) in [5.74, 6) is -0.353. The molecule has 4 nitrogen and oxygen atoms in total. The molecule has 3 rings (SSSR count). The van der Waals surface area contributed by atoms with Crippen molar-refractivity contribution in [3.8, 4) is 11.1 Å². The summed E-state index contributed by atoms with van der Waals surface area (Å²) in [6.07, 6.45) is 1.78. The van der Waals surface area contributed by atoms with Crippen LogP contribution in [0.25, 0.3) is 21.3 Å². The van der Waals surface area contributed by atoms with Gasteiger partial charge < -0.3 is 0 Å². The second-order valence-electron chi connectivity index (χ2n) is 4.91. The zero-order valence-electron chi connectivity index (χ0n) is 11.9. The molecule has 3 aromatic rings. The van der Waals surface area contributed by atoms with Crippen LogP contribution in [0.5, 0.6) is 0 Å². The van der Waals surface area contributed by atoms with Crippen molar-refractivity contribution in [2.75, 3.05) is 0 Å². The largest absolute Gasteiger partial charge is 0.298 e. The lowest BCUT2D eigenvalue weighted by molar-refractivity contribution is -0.119. The van der Waals surface area contributed by atoms with E-state index in [0.29, 0.717) is 16.6 Å². The molecule has 112 valence electrons. The molecule has 0 aliphatic heterocycles. The minimum atomic E-state index is -0.327. The van der Waals surface area contributed by atoms with E-state index in [-0.39, 0.29) is 23.7 Å². The lowest BCUT2D eigenvalue weighted by Gasteiger charge is -2.04. The summed E-state index contributed by atoms with van der Waals surface area (Å²) in [5.41, 5.74) is 1.23. The second kappa shape index (κ2) is 5.81. The van der Waals surface area contributed by atoms with E-state index in [4.69, 9.17) is 0 Å². The van der Waals surface area contributed by atoms with Crippen molar-refractivity contribution in [2.24, 2.45) is 0 Å². The fraction of sp³-hybridized carbons (Fsp3) is 0.188. The third-order valence-electron chi connectivity index (χ3n) is 3.46. The minimum Gasteiger partial charge on any atom is -0.298 e. The number of fused-ring (bicyclic) bond motifs is 1. The van der Waals surface area contributed by atoms with Crippen molar-refractivity contribution in [3.63, 3.8) is 0 Å². The third kappa shape index (κ3) is 2.57. The average Bonchev–Trinajstić information content (AvgIpc) is 2.95. The van der Waals surface area contributed by atoms with Gasteiger partial charge >= 0.3 is 0 Å². The van der Waals surface area contributed by atoms with Gasteiger partial charge in [-0.2, -0.15) is 0 Å². The van der Waals surface area contributed by atoms with Crippen LogP contribution in [-0.2, 0) is 11.3 Å². The lowest BCUT2D eigenvalue weighted by Crippen LogP contribution is -2.24. The van der Waals surface area contributed by atoms with Crippen molar-refractivity contribution in [2.45, 2.75) is 19.9 Å². The number of Topliss-reactive ketones (excluding diaryl/α,β-unsaturated/α-hetero) is 1. The normalized spacial score (nSPS) is 11.0. The van der Waals surface area contributed by atoms with Gasteiger partial charge in [-0.15, -0.1) is 11.3 Å². The molecule has 6 heteroatoms. The molecular formula is C16H13FN2O2S. The fourth-order valence-corrected chi connectivity index (χ4v) is 3.13. The predicted octanol–water partition coefficient (Wildman–Crippen LogP) is 3.24. The second-order valence-corrected chi connectivity index (χ2v) is 5.76. The van der Waals surface area contributed by atoms with Crippen molar-refractivity contribution in [3.05, 3.63) is 52.1 Å². The molecule has 0 unspecified atom stereocenters. The summed E-state index contributed by atoms with van der Waals surface area (Å²) in [7, 11) is 0. The van der Waals surface area contributed by atoms with Crippen molar-refractivity contribution in [1.29, 1.82) is 0 Å². The van der Waals surface area contributed by atoms with Crippen molar-refractivity contribution in [1.82, 2.24) is 9.55 Å². The summed E-state index contributed by atoms with van der Waals surface area (Å²) < 4.78 is 14.4. The van der Waals surface area contributed by atoms with E-state index in [1.165, 1.54) is 34.4 Å². The number of halogens is 1. The number of ketones is 1. The number of hydrogen-bond donors (Lipinski definition) is 0. The molecule has 0 fully saturated rings. The standard InChI is InChI=1S/C16H13FN2O2S/c1-2-12(20)7-19-9-18-15-14(16(19)21)13(8-22-15)10-3-5-11(17)6-4-10/h3-6,8-9H,2,7H2,1H3. The SMILES string of the molecule is CCC(=O)Cn1cnc2scc(-c3ccc(F)cc3)c2c1=O. The smallest absolute Gasteiger partial charge is 0.263 e. The van der Waals surface area contributed by atoms with E-state index in [1.54, 1.807) is 19.1 Å². The van der Waals surface area contributed by atoms with Crippen LogP contribution < -0.4 is 5.56 Å². The molecule has 0 amide bonds. The Hall–Kier alpha value is -2.34. The Labute approximate surface area is 129 Å². The average molecular weight is 316 g/mol. The molecule has 0 saturated carbocycles.